The molecule has 504 valence electrons. The lowest BCUT2D eigenvalue weighted by molar-refractivity contribution is -0.161. The number of ether oxygens (including phenoxy) is 4. The third kappa shape index (κ3) is 59.5. The number of carbonyl (C=O) groups excluding carboxylic acids is 4. The number of unbranched alkanes of at least 4 members (excludes halogenated alkanes) is 28. The van der Waals surface area contributed by atoms with Gasteiger partial charge in [0.2, 0.25) is 0 Å². The average molecular weight is 1260 g/mol. The van der Waals surface area contributed by atoms with Crippen LogP contribution >= 0.6 is 15.6 Å². The Morgan fingerprint density at radius 1 is 0.329 bits per heavy atom. The Morgan fingerprint density at radius 2 is 0.565 bits per heavy atom. The molecule has 0 heterocycles. The van der Waals surface area contributed by atoms with Gasteiger partial charge in [-0.2, -0.15) is 0 Å². The van der Waals surface area contributed by atoms with Crippen LogP contribution in [0.25, 0.3) is 0 Å². The van der Waals surface area contributed by atoms with Crippen LogP contribution < -0.4 is 0 Å². The summed E-state index contributed by atoms with van der Waals surface area (Å²) in [6.45, 7) is 14.0. The van der Waals surface area contributed by atoms with Crippen molar-refractivity contribution in [2.45, 2.75) is 337 Å². The van der Waals surface area contributed by atoms with Crippen molar-refractivity contribution in [1.29, 1.82) is 0 Å². The number of carbonyl (C=O) groups is 4. The van der Waals surface area contributed by atoms with E-state index in [0.29, 0.717) is 37.5 Å². The highest BCUT2D eigenvalue weighted by Gasteiger charge is 2.30. The SMILES string of the molecule is CCC(C)CCCCCCCCCCC(=O)O[C@H](COC(=O)CCCCCCCCC(C)C)COP(=O)(O)OC[C@H](O)COP(=O)(O)OC[C@@H](COC(=O)CCCCCCCCC(C)C)OC(=O)CCCCCCCCCCCCCCC(C)C. The van der Waals surface area contributed by atoms with E-state index in [1.807, 2.05) is 0 Å². The Morgan fingerprint density at radius 3 is 0.835 bits per heavy atom. The van der Waals surface area contributed by atoms with Gasteiger partial charge >= 0.3 is 39.5 Å². The summed E-state index contributed by atoms with van der Waals surface area (Å²) in [6, 6.07) is 0. The van der Waals surface area contributed by atoms with E-state index in [0.717, 1.165) is 115 Å². The summed E-state index contributed by atoms with van der Waals surface area (Å²) in [5.74, 6) is 0.765. The number of phosphoric acid groups is 2. The summed E-state index contributed by atoms with van der Waals surface area (Å²) in [4.78, 5) is 72.3. The van der Waals surface area contributed by atoms with Gasteiger partial charge in [-0.1, -0.05) is 267 Å². The molecular weight excluding hydrogens is 1130 g/mol. The molecule has 0 aliphatic rings. The quantitative estimate of drug-likeness (QED) is 0.0222. The fourth-order valence-electron chi connectivity index (χ4n) is 9.75. The Balaban J connectivity index is 5.24. The van der Waals surface area contributed by atoms with Crippen LogP contribution in [0.3, 0.4) is 0 Å². The number of aliphatic hydroxyl groups is 1. The lowest BCUT2D eigenvalue weighted by Gasteiger charge is -2.21. The predicted octanol–water partition coefficient (Wildman–Crippen LogP) is 18.1. The van der Waals surface area contributed by atoms with Gasteiger partial charge in [0.05, 0.1) is 26.4 Å². The highest BCUT2D eigenvalue weighted by Crippen LogP contribution is 2.45. The van der Waals surface area contributed by atoms with Crippen LogP contribution in [0.1, 0.15) is 319 Å². The van der Waals surface area contributed by atoms with Gasteiger partial charge in [0.25, 0.3) is 0 Å². The van der Waals surface area contributed by atoms with E-state index >= 15 is 0 Å². The van der Waals surface area contributed by atoms with Crippen LogP contribution in [0, 0.1) is 23.7 Å². The molecule has 0 amide bonds. The zero-order chi connectivity index (χ0) is 63.2. The maximum atomic E-state index is 13.0. The monoisotopic (exact) mass is 1250 g/mol. The van der Waals surface area contributed by atoms with Crippen molar-refractivity contribution in [3.05, 3.63) is 0 Å². The molecule has 0 aromatic rings. The summed E-state index contributed by atoms with van der Waals surface area (Å²) in [5.41, 5.74) is 0. The molecule has 0 spiro atoms. The molecule has 0 aromatic heterocycles. The second-order valence-corrected chi connectivity index (χ2v) is 28.4. The first kappa shape index (κ1) is 83.1. The van der Waals surface area contributed by atoms with Gasteiger partial charge in [-0.3, -0.25) is 37.3 Å². The first-order chi connectivity index (χ1) is 40.6. The second kappa shape index (κ2) is 56.1. The van der Waals surface area contributed by atoms with E-state index in [-0.39, 0.29) is 25.7 Å². The molecule has 0 aliphatic heterocycles. The third-order valence-corrected chi connectivity index (χ3v) is 17.3. The van der Waals surface area contributed by atoms with Gasteiger partial charge in [0.1, 0.15) is 19.3 Å². The van der Waals surface area contributed by atoms with E-state index in [9.17, 15) is 43.2 Å². The molecular formula is C66H128O17P2. The topological polar surface area (TPSA) is 237 Å². The first-order valence-electron chi connectivity index (χ1n) is 34.2. The molecule has 0 fully saturated rings. The lowest BCUT2D eigenvalue weighted by Crippen LogP contribution is -2.30. The van der Waals surface area contributed by atoms with Crippen molar-refractivity contribution in [3.63, 3.8) is 0 Å². The molecule has 17 nitrogen and oxygen atoms in total. The van der Waals surface area contributed by atoms with Crippen molar-refractivity contribution in [3.8, 4) is 0 Å². The summed E-state index contributed by atoms with van der Waals surface area (Å²) in [5, 5.41) is 10.5. The largest absolute Gasteiger partial charge is 0.472 e. The Hall–Kier alpha value is -1.94. The van der Waals surface area contributed by atoms with Gasteiger partial charge in [-0.25, -0.2) is 9.13 Å². The lowest BCUT2D eigenvalue weighted by atomic mass is 9.99. The molecule has 0 aliphatic carbocycles. The van der Waals surface area contributed by atoms with Gasteiger partial charge in [0.15, 0.2) is 12.2 Å². The summed E-state index contributed by atoms with van der Waals surface area (Å²) < 4.78 is 68.0. The van der Waals surface area contributed by atoms with Crippen molar-refractivity contribution in [2.24, 2.45) is 23.7 Å². The first-order valence-corrected chi connectivity index (χ1v) is 37.2. The van der Waals surface area contributed by atoms with Crippen LogP contribution in [0.4, 0.5) is 0 Å². The molecule has 3 N–H and O–H groups in total. The number of rotatable bonds is 63. The van der Waals surface area contributed by atoms with E-state index in [2.05, 4.69) is 55.4 Å². The van der Waals surface area contributed by atoms with E-state index < -0.39 is 97.5 Å². The van der Waals surface area contributed by atoms with Gasteiger partial charge in [-0.05, 0) is 49.4 Å². The van der Waals surface area contributed by atoms with Crippen molar-refractivity contribution < 1.29 is 80.2 Å². The van der Waals surface area contributed by atoms with Crippen LogP contribution in [0.15, 0.2) is 0 Å². The zero-order valence-corrected chi connectivity index (χ0v) is 57.0. The number of phosphoric ester groups is 2. The standard InChI is InChI=1S/C66H128O17P2/c1-9-59(8)45-37-29-19-16-17-21-33-41-49-66(71)83-62(53-77-64(69)47-39-31-25-23-28-36-44-58(6)7)55-81-85(74,75)79-51-60(67)50-78-84(72,73)80-54-61(52-76-63(68)46-38-30-24-22-27-35-43-57(4)5)82-65(70)48-40-32-20-15-13-11-10-12-14-18-26-34-42-56(2)3/h56-62,67H,9-55H2,1-8H3,(H,72,73)(H,74,75)/t59?,60-,61-,62-/m1/s1. The molecule has 0 rings (SSSR count). The molecule has 0 radical (unpaired) electrons. The Labute approximate surface area is 517 Å². The minimum atomic E-state index is -4.95. The van der Waals surface area contributed by atoms with Gasteiger partial charge in [-0.15, -0.1) is 0 Å². The highest BCUT2D eigenvalue weighted by molar-refractivity contribution is 7.47. The predicted molar refractivity (Wildman–Crippen MR) is 340 cm³/mol. The molecule has 0 bridgehead atoms. The highest BCUT2D eigenvalue weighted by atomic mass is 31.2. The van der Waals surface area contributed by atoms with E-state index in [4.69, 9.17) is 37.0 Å². The maximum absolute atomic E-state index is 13.0. The molecule has 0 saturated carbocycles. The van der Waals surface area contributed by atoms with E-state index in [1.54, 1.807) is 0 Å². The molecule has 6 atom stereocenters. The molecule has 85 heavy (non-hydrogen) atoms. The van der Waals surface area contributed by atoms with Gasteiger partial charge in [0, 0.05) is 25.7 Å². The van der Waals surface area contributed by atoms with Crippen LogP contribution in [0.5, 0.6) is 0 Å². The number of esters is 4. The van der Waals surface area contributed by atoms with Crippen molar-refractivity contribution >= 4 is 39.5 Å². The fourth-order valence-corrected chi connectivity index (χ4v) is 11.3. The minimum Gasteiger partial charge on any atom is -0.462 e. The van der Waals surface area contributed by atoms with Crippen molar-refractivity contribution in [1.82, 2.24) is 0 Å². The molecule has 19 heteroatoms. The molecule has 3 unspecified atom stereocenters. The Bertz CT molecular complexity index is 1700. The second-order valence-electron chi connectivity index (χ2n) is 25.5. The summed E-state index contributed by atoms with van der Waals surface area (Å²) >= 11 is 0. The van der Waals surface area contributed by atoms with E-state index in [1.165, 1.54) is 109 Å². The number of hydrogen-bond donors (Lipinski definition) is 3. The van der Waals surface area contributed by atoms with Crippen LogP contribution in [-0.2, 0) is 65.4 Å². The van der Waals surface area contributed by atoms with Crippen LogP contribution in [0.2, 0.25) is 0 Å². The summed E-state index contributed by atoms with van der Waals surface area (Å²) in [7, 11) is -9.89. The molecule has 0 aromatic carbocycles. The third-order valence-electron chi connectivity index (χ3n) is 15.4. The minimum absolute atomic E-state index is 0.103. The van der Waals surface area contributed by atoms with Crippen molar-refractivity contribution in [2.75, 3.05) is 39.6 Å². The fraction of sp³-hybridized carbons (Fsp3) is 0.939. The number of hydrogen-bond acceptors (Lipinski definition) is 15. The normalized spacial score (nSPS) is 14.7. The summed E-state index contributed by atoms with van der Waals surface area (Å²) in [6.07, 6.45) is 36.4. The van der Waals surface area contributed by atoms with Gasteiger partial charge < -0.3 is 33.8 Å². The van der Waals surface area contributed by atoms with Crippen LogP contribution in [-0.4, -0.2) is 96.7 Å². The smallest absolute Gasteiger partial charge is 0.462 e. The average Bonchev–Trinajstić information content (AvgIpc) is 3.55. The number of aliphatic hydroxyl groups excluding tert-OH is 1. The molecule has 0 saturated heterocycles. The maximum Gasteiger partial charge on any atom is 0.472 e. The Kier molecular flexibility index (Phi) is 54.8. The zero-order valence-electron chi connectivity index (χ0n) is 55.2.